The maximum Gasteiger partial charge on any atom is 0.0540 e. The number of nitrogens with zero attached hydrogens (tertiary/aromatic N) is 4. The van der Waals surface area contributed by atoms with Crippen molar-refractivity contribution in [3.8, 4) is 22.3 Å². The molecule has 0 amide bonds. The highest BCUT2D eigenvalue weighted by Crippen LogP contribution is 2.44. The second kappa shape index (κ2) is 22.1. The summed E-state index contributed by atoms with van der Waals surface area (Å²) in [6.45, 7) is 0. The van der Waals surface area contributed by atoms with Crippen molar-refractivity contribution in [1.29, 1.82) is 0 Å². The molecule has 4 heteroatoms. The molecular weight excluding hydrogens is 993 g/mol. The van der Waals surface area contributed by atoms with E-state index in [0.717, 1.165) is 90.1 Å². The second-order valence-electron chi connectivity index (χ2n) is 20.6. The van der Waals surface area contributed by atoms with Crippen molar-refractivity contribution < 1.29 is 0 Å². The number of anilines is 12. The van der Waals surface area contributed by atoms with Crippen LogP contribution in [0.5, 0.6) is 0 Å². The molecule has 388 valence electrons. The van der Waals surface area contributed by atoms with Crippen molar-refractivity contribution in [2.75, 3.05) is 19.6 Å². The molecule has 14 rings (SSSR count). The normalized spacial score (nSPS) is 11.2. The van der Waals surface area contributed by atoms with Crippen LogP contribution in [0.1, 0.15) is 0 Å². The first-order valence-corrected chi connectivity index (χ1v) is 28.0. The third-order valence-electron chi connectivity index (χ3n) is 15.5. The van der Waals surface area contributed by atoms with Crippen molar-refractivity contribution in [3.05, 3.63) is 340 Å². The molecule has 0 heterocycles. The Balaban J connectivity index is 0.800. The fourth-order valence-corrected chi connectivity index (χ4v) is 11.5. The van der Waals surface area contributed by atoms with Crippen LogP contribution in [-0.4, -0.2) is 0 Å². The lowest BCUT2D eigenvalue weighted by atomic mass is 10.0. The van der Waals surface area contributed by atoms with E-state index in [1.54, 1.807) is 0 Å². The van der Waals surface area contributed by atoms with Gasteiger partial charge in [0.15, 0.2) is 0 Å². The van der Waals surface area contributed by atoms with E-state index >= 15 is 0 Å². The van der Waals surface area contributed by atoms with Gasteiger partial charge in [0.25, 0.3) is 0 Å². The van der Waals surface area contributed by atoms with Gasteiger partial charge in [-0.05, 0) is 189 Å². The highest BCUT2D eigenvalue weighted by molar-refractivity contribution is 6.01. The number of benzene rings is 14. The Hall–Kier alpha value is -10.9. The summed E-state index contributed by atoms with van der Waals surface area (Å²) in [6, 6.07) is 122. The Bertz CT molecular complexity index is 4390. The van der Waals surface area contributed by atoms with Gasteiger partial charge >= 0.3 is 0 Å². The lowest BCUT2D eigenvalue weighted by Gasteiger charge is -2.28. The van der Waals surface area contributed by atoms with Crippen LogP contribution >= 0.6 is 0 Å². The molecule has 0 saturated heterocycles. The highest BCUT2D eigenvalue weighted by atomic mass is 15.2. The maximum atomic E-state index is 2.40. The molecule has 0 aliphatic carbocycles. The summed E-state index contributed by atoms with van der Waals surface area (Å²) >= 11 is 0. The van der Waals surface area contributed by atoms with Gasteiger partial charge in [-0.3, -0.25) is 0 Å². The van der Waals surface area contributed by atoms with E-state index in [2.05, 4.69) is 359 Å². The van der Waals surface area contributed by atoms with E-state index in [1.165, 1.54) is 32.7 Å². The van der Waals surface area contributed by atoms with Gasteiger partial charge < -0.3 is 19.6 Å². The van der Waals surface area contributed by atoms with Crippen molar-refractivity contribution in [2.45, 2.75) is 0 Å². The van der Waals surface area contributed by atoms with E-state index in [4.69, 9.17) is 0 Å². The van der Waals surface area contributed by atoms with Crippen LogP contribution in [0, 0.1) is 0 Å². The van der Waals surface area contributed by atoms with Gasteiger partial charge in [0.1, 0.15) is 0 Å². The zero-order valence-corrected chi connectivity index (χ0v) is 45.1. The molecule has 0 fully saturated rings. The predicted octanol–water partition coefficient (Wildman–Crippen LogP) is 22.4. The molecular formula is C78H56N4. The summed E-state index contributed by atoms with van der Waals surface area (Å²) in [6.07, 6.45) is 0. The minimum Gasteiger partial charge on any atom is -0.310 e. The number of rotatable bonds is 14. The SMILES string of the molecule is c1ccc(-c2ccc(N(c3ccc(-c4ccc(N(c5ccc6cc(N(c7ccccc7)c7ccccc7)ccc6c5)c5cccc6ccccc56)cc4)cc3)c3ccc4cc(N(c5ccccc5)c5ccccc5)ccc4c3)cc2)cc1. The smallest absolute Gasteiger partial charge is 0.0540 e. The molecule has 0 radical (unpaired) electrons. The highest BCUT2D eigenvalue weighted by Gasteiger charge is 2.20. The van der Waals surface area contributed by atoms with Gasteiger partial charge in [0.05, 0.1) is 5.69 Å². The summed E-state index contributed by atoms with van der Waals surface area (Å²) in [5.74, 6) is 0. The molecule has 0 aromatic heterocycles. The van der Waals surface area contributed by atoms with Crippen molar-refractivity contribution >= 4 is 101 Å². The zero-order chi connectivity index (χ0) is 54.6. The monoisotopic (exact) mass is 1050 g/mol. The van der Waals surface area contributed by atoms with Crippen LogP contribution in [0.4, 0.5) is 68.2 Å². The second-order valence-corrected chi connectivity index (χ2v) is 20.6. The largest absolute Gasteiger partial charge is 0.310 e. The van der Waals surface area contributed by atoms with E-state index in [1.807, 2.05) is 0 Å². The number of fused-ring (bicyclic) bond motifs is 3. The molecule has 4 nitrogen and oxygen atoms in total. The van der Waals surface area contributed by atoms with Gasteiger partial charge in [-0.1, -0.05) is 200 Å². The average Bonchev–Trinajstić information content (AvgIpc) is 3.69. The van der Waals surface area contributed by atoms with Crippen LogP contribution < -0.4 is 19.6 Å². The minimum absolute atomic E-state index is 1.07. The van der Waals surface area contributed by atoms with Gasteiger partial charge in [-0.25, -0.2) is 0 Å². The predicted molar refractivity (Wildman–Crippen MR) is 349 cm³/mol. The molecule has 0 saturated carbocycles. The molecule has 0 unspecified atom stereocenters. The molecule has 0 atom stereocenters. The third-order valence-corrected chi connectivity index (χ3v) is 15.5. The molecule has 0 bridgehead atoms. The van der Waals surface area contributed by atoms with Gasteiger partial charge in [-0.15, -0.1) is 0 Å². The molecule has 0 aliphatic rings. The molecule has 0 N–H and O–H groups in total. The molecule has 14 aromatic carbocycles. The van der Waals surface area contributed by atoms with E-state index in [0.29, 0.717) is 0 Å². The van der Waals surface area contributed by atoms with Crippen LogP contribution in [0.15, 0.2) is 340 Å². The first-order valence-electron chi connectivity index (χ1n) is 28.0. The number of hydrogen-bond acceptors (Lipinski definition) is 4. The van der Waals surface area contributed by atoms with E-state index in [9.17, 15) is 0 Å². The Kier molecular flexibility index (Phi) is 13.3. The van der Waals surface area contributed by atoms with Gasteiger partial charge in [0, 0.05) is 67.9 Å². The summed E-state index contributed by atoms with van der Waals surface area (Å²) in [5, 5.41) is 7.05. The van der Waals surface area contributed by atoms with Gasteiger partial charge in [-0.2, -0.15) is 0 Å². The standard InChI is InChI=1S/C78H56N4/c1-6-19-57(20-7-1)58-33-43-70(44-34-58)81(75-51-40-62-53-73(49-39-63(62)55-75)79(66-23-8-2-9-24-66)67-25-10-3-11-26-67)71-45-35-59(36-46-71)60-37-47-72(48-38-60)82(78-32-18-22-61-21-16-17-31-77(61)78)76-52-42-64-54-74(50-41-65(64)56-76)80(68-27-12-4-13-28-68)69-29-14-5-15-30-69/h1-56H. The topological polar surface area (TPSA) is 13.0 Å². The van der Waals surface area contributed by atoms with Crippen molar-refractivity contribution in [1.82, 2.24) is 0 Å². The lowest BCUT2D eigenvalue weighted by molar-refractivity contribution is 1.28. The van der Waals surface area contributed by atoms with Crippen molar-refractivity contribution in [2.24, 2.45) is 0 Å². The maximum absolute atomic E-state index is 2.40. The van der Waals surface area contributed by atoms with Crippen LogP contribution in [0.25, 0.3) is 54.6 Å². The van der Waals surface area contributed by atoms with Crippen molar-refractivity contribution in [3.63, 3.8) is 0 Å². The lowest BCUT2D eigenvalue weighted by Crippen LogP contribution is -2.11. The summed E-state index contributed by atoms with van der Waals surface area (Å²) in [4.78, 5) is 9.40. The van der Waals surface area contributed by atoms with E-state index in [-0.39, 0.29) is 0 Å². The Morgan fingerprint density at radius 2 is 0.402 bits per heavy atom. The van der Waals surface area contributed by atoms with Gasteiger partial charge in [0.2, 0.25) is 0 Å². The molecule has 0 spiro atoms. The number of hydrogen-bond donors (Lipinski definition) is 0. The Morgan fingerprint density at radius 3 is 0.768 bits per heavy atom. The first-order chi connectivity index (χ1) is 40.6. The molecule has 82 heavy (non-hydrogen) atoms. The average molecular weight is 1050 g/mol. The number of para-hydroxylation sites is 4. The Labute approximate surface area is 479 Å². The summed E-state index contributed by atoms with van der Waals surface area (Å²) in [5.41, 5.74) is 17.8. The molecule has 0 aliphatic heterocycles. The molecule has 14 aromatic rings. The minimum atomic E-state index is 1.07. The zero-order valence-electron chi connectivity index (χ0n) is 45.1. The third kappa shape index (κ3) is 9.87. The van der Waals surface area contributed by atoms with E-state index < -0.39 is 0 Å². The first kappa shape index (κ1) is 49.4. The summed E-state index contributed by atoms with van der Waals surface area (Å²) in [7, 11) is 0. The quantitative estimate of drug-likeness (QED) is 0.108. The fourth-order valence-electron chi connectivity index (χ4n) is 11.5. The van der Waals surface area contributed by atoms with Crippen LogP contribution in [0.2, 0.25) is 0 Å². The van der Waals surface area contributed by atoms with Crippen LogP contribution in [-0.2, 0) is 0 Å². The fraction of sp³-hybridized carbons (Fsp3) is 0. The van der Waals surface area contributed by atoms with Crippen LogP contribution in [0.3, 0.4) is 0 Å². The summed E-state index contributed by atoms with van der Waals surface area (Å²) < 4.78 is 0. The Morgan fingerprint density at radius 1 is 0.146 bits per heavy atom.